The zero-order chi connectivity index (χ0) is 10.8. The van der Waals surface area contributed by atoms with Crippen LogP contribution in [0.25, 0.3) is 0 Å². The van der Waals surface area contributed by atoms with Gasteiger partial charge in [0, 0.05) is 25.7 Å². The summed E-state index contributed by atoms with van der Waals surface area (Å²) in [7, 11) is 4.00. The number of rotatable bonds is 9. The van der Waals surface area contributed by atoms with E-state index in [1.807, 2.05) is 7.05 Å². The van der Waals surface area contributed by atoms with E-state index in [0.717, 1.165) is 32.5 Å². The predicted molar refractivity (Wildman–Crippen MR) is 59.3 cm³/mol. The fraction of sp³-hybridized carbons (Fsp3) is 0.900. The molecule has 0 rings (SSSR count). The van der Waals surface area contributed by atoms with Crippen LogP contribution in [0.3, 0.4) is 0 Å². The van der Waals surface area contributed by atoms with Crippen LogP contribution in [-0.4, -0.2) is 51.1 Å². The van der Waals surface area contributed by atoms with Crippen molar-refractivity contribution in [3.63, 3.8) is 0 Å². The van der Waals surface area contributed by atoms with Crippen molar-refractivity contribution in [2.45, 2.75) is 25.8 Å². The van der Waals surface area contributed by atoms with E-state index in [-0.39, 0.29) is 0 Å². The van der Waals surface area contributed by atoms with Gasteiger partial charge >= 0.3 is 0 Å². The van der Waals surface area contributed by atoms with Crippen LogP contribution >= 0.6 is 0 Å². The zero-order valence-corrected chi connectivity index (χ0v) is 9.55. The Hall–Kier alpha value is -0.450. The van der Waals surface area contributed by atoms with Gasteiger partial charge in [-0.05, 0) is 27.1 Å². The van der Waals surface area contributed by atoms with Gasteiger partial charge in [-0.1, -0.05) is 6.92 Å². The molecule has 1 atom stereocenters. The Bertz CT molecular complexity index is 141. The van der Waals surface area contributed by atoms with E-state index in [2.05, 4.69) is 29.5 Å². The molecule has 0 aromatic carbocycles. The van der Waals surface area contributed by atoms with E-state index < -0.39 is 0 Å². The Labute approximate surface area is 87.0 Å². The molecule has 0 radical (unpaired) electrons. The minimum atomic E-state index is 0.330. The predicted octanol–water partition coefficient (Wildman–Crippen LogP) is 0.0523. The van der Waals surface area contributed by atoms with Gasteiger partial charge in [-0.15, -0.1) is 0 Å². The first-order valence-corrected chi connectivity index (χ1v) is 5.24. The van der Waals surface area contributed by atoms with Crippen molar-refractivity contribution in [3.05, 3.63) is 0 Å². The van der Waals surface area contributed by atoms with Crippen LogP contribution in [0.4, 0.5) is 0 Å². The van der Waals surface area contributed by atoms with Crippen LogP contribution < -0.4 is 10.6 Å². The summed E-state index contributed by atoms with van der Waals surface area (Å²) >= 11 is 0. The van der Waals surface area contributed by atoms with Crippen LogP contribution in [0.1, 0.15) is 19.8 Å². The van der Waals surface area contributed by atoms with Gasteiger partial charge < -0.3 is 15.4 Å². The van der Waals surface area contributed by atoms with Crippen molar-refractivity contribution in [1.29, 1.82) is 0 Å². The van der Waals surface area contributed by atoms with Crippen molar-refractivity contribution in [1.82, 2.24) is 15.5 Å². The van der Waals surface area contributed by atoms with Gasteiger partial charge in [0.25, 0.3) is 0 Å². The minimum Gasteiger partial charge on any atom is -0.314 e. The van der Waals surface area contributed by atoms with Crippen molar-refractivity contribution >= 4 is 6.29 Å². The number of carbonyl (C=O) groups is 1. The van der Waals surface area contributed by atoms with Gasteiger partial charge in [0.2, 0.25) is 0 Å². The lowest BCUT2D eigenvalue weighted by Crippen LogP contribution is -2.35. The van der Waals surface area contributed by atoms with Crippen LogP contribution in [-0.2, 0) is 4.79 Å². The summed E-state index contributed by atoms with van der Waals surface area (Å²) < 4.78 is 0. The van der Waals surface area contributed by atoms with Crippen molar-refractivity contribution in [2.24, 2.45) is 0 Å². The summed E-state index contributed by atoms with van der Waals surface area (Å²) in [5, 5.41) is 6.39. The third kappa shape index (κ3) is 7.00. The number of hydrogen-bond acceptors (Lipinski definition) is 4. The van der Waals surface area contributed by atoms with Crippen LogP contribution in [0.15, 0.2) is 0 Å². The van der Waals surface area contributed by atoms with Crippen LogP contribution in [0, 0.1) is 0 Å². The second kappa shape index (κ2) is 9.12. The van der Waals surface area contributed by atoms with Gasteiger partial charge in [-0.25, -0.2) is 0 Å². The molecule has 0 fully saturated rings. The first kappa shape index (κ1) is 13.5. The van der Waals surface area contributed by atoms with E-state index in [0.29, 0.717) is 12.5 Å². The molecule has 1 unspecified atom stereocenters. The van der Waals surface area contributed by atoms with Gasteiger partial charge in [-0.2, -0.15) is 0 Å². The smallest absolute Gasteiger partial charge is 0.121 e. The highest BCUT2D eigenvalue weighted by atomic mass is 16.1. The zero-order valence-electron chi connectivity index (χ0n) is 9.55. The maximum atomic E-state index is 10.4. The van der Waals surface area contributed by atoms with Crippen molar-refractivity contribution in [3.8, 4) is 0 Å². The Morgan fingerprint density at radius 3 is 2.71 bits per heavy atom. The third-order valence-electron chi connectivity index (χ3n) is 2.16. The van der Waals surface area contributed by atoms with Gasteiger partial charge in [0.1, 0.15) is 6.29 Å². The molecule has 0 aromatic heterocycles. The molecule has 4 nitrogen and oxygen atoms in total. The summed E-state index contributed by atoms with van der Waals surface area (Å²) in [6.45, 7) is 4.88. The highest BCUT2D eigenvalue weighted by molar-refractivity contribution is 5.50. The van der Waals surface area contributed by atoms with Crippen LogP contribution in [0.2, 0.25) is 0 Å². The molecule has 14 heavy (non-hydrogen) atoms. The molecule has 84 valence electrons. The number of nitrogens with zero attached hydrogens (tertiary/aromatic N) is 1. The number of carbonyl (C=O) groups excluding carboxylic acids is 1. The lowest BCUT2D eigenvalue weighted by Gasteiger charge is -2.20. The Morgan fingerprint density at radius 2 is 2.21 bits per heavy atom. The molecular weight excluding hydrogens is 178 g/mol. The second-order valence-corrected chi connectivity index (χ2v) is 3.54. The molecule has 0 bridgehead atoms. The van der Waals surface area contributed by atoms with Crippen molar-refractivity contribution in [2.75, 3.05) is 33.9 Å². The summed E-state index contributed by atoms with van der Waals surface area (Å²) in [6, 6.07) is 0.330. The van der Waals surface area contributed by atoms with Gasteiger partial charge in [0.15, 0.2) is 0 Å². The quantitative estimate of drug-likeness (QED) is 0.409. The molecule has 0 saturated heterocycles. The van der Waals surface area contributed by atoms with Crippen molar-refractivity contribution < 1.29 is 4.79 Å². The second-order valence-electron chi connectivity index (χ2n) is 3.54. The SMILES string of the molecule is CCNC(CC=O)CCN(C)CNC. The number of nitrogens with one attached hydrogen (secondary N) is 2. The number of aldehydes is 1. The van der Waals surface area contributed by atoms with Gasteiger partial charge in [0.05, 0.1) is 0 Å². The minimum absolute atomic E-state index is 0.330. The summed E-state index contributed by atoms with van der Waals surface area (Å²) in [5.74, 6) is 0. The average Bonchev–Trinajstić information content (AvgIpc) is 2.15. The molecule has 0 aromatic rings. The fourth-order valence-electron chi connectivity index (χ4n) is 1.43. The Kier molecular flexibility index (Phi) is 8.83. The first-order valence-electron chi connectivity index (χ1n) is 5.24. The topological polar surface area (TPSA) is 44.4 Å². The Morgan fingerprint density at radius 1 is 1.50 bits per heavy atom. The maximum absolute atomic E-state index is 10.4. The van der Waals surface area contributed by atoms with Crippen LogP contribution in [0.5, 0.6) is 0 Å². The van der Waals surface area contributed by atoms with E-state index in [1.165, 1.54) is 0 Å². The summed E-state index contributed by atoms with van der Waals surface area (Å²) in [6.07, 6.45) is 2.62. The van der Waals surface area contributed by atoms with Gasteiger partial charge in [-0.3, -0.25) is 4.90 Å². The molecule has 4 heteroatoms. The summed E-state index contributed by atoms with van der Waals surface area (Å²) in [5.41, 5.74) is 0. The lowest BCUT2D eigenvalue weighted by molar-refractivity contribution is -0.108. The molecule has 2 N–H and O–H groups in total. The molecular formula is C10H23N3O. The molecule has 0 saturated carbocycles. The average molecular weight is 201 g/mol. The fourth-order valence-corrected chi connectivity index (χ4v) is 1.43. The largest absolute Gasteiger partial charge is 0.314 e. The number of hydrogen-bond donors (Lipinski definition) is 2. The monoisotopic (exact) mass is 201 g/mol. The highest BCUT2D eigenvalue weighted by Crippen LogP contribution is 1.97. The Balaban J connectivity index is 3.62. The molecule has 0 aliphatic heterocycles. The van der Waals surface area contributed by atoms with E-state index in [4.69, 9.17) is 0 Å². The summed E-state index contributed by atoms with van der Waals surface area (Å²) in [4.78, 5) is 12.6. The van der Waals surface area contributed by atoms with E-state index in [1.54, 1.807) is 0 Å². The third-order valence-corrected chi connectivity index (χ3v) is 2.16. The first-order chi connectivity index (χ1) is 6.74. The van der Waals surface area contributed by atoms with E-state index in [9.17, 15) is 4.79 Å². The highest BCUT2D eigenvalue weighted by Gasteiger charge is 2.07. The standard InChI is InChI=1S/C10H23N3O/c1-4-12-10(6-8-14)5-7-13(3)9-11-2/h8,10-12H,4-7,9H2,1-3H3. The molecule has 0 aliphatic rings. The van der Waals surface area contributed by atoms with E-state index >= 15 is 0 Å². The molecule has 0 amide bonds. The molecule has 0 aliphatic carbocycles. The molecule has 0 heterocycles. The maximum Gasteiger partial charge on any atom is 0.121 e. The molecule has 0 spiro atoms. The normalized spacial score (nSPS) is 13.1. The lowest BCUT2D eigenvalue weighted by atomic mass is 10.1.